The molecule has 27 heavy (non-hydrogen) atoms. The maximum Gasteiger partial charge on any atom is 0.337 e. The Kier molecular flexibility index (Phi) is 8.38. The van der Waals surface area contributed by atoms with Gasteiger partial charge < -0.3 is 20.7 Å². The quantitative estimate of drug-likeness (QED) is 0.522. The number of carbonyl (C=O) groups is 1. The summed E-state index contributed by atoms with van der Waals surface area (Å²) >= 11 is 1.55. The lowest BCUT2D eigenvalue weighted by Crippen LogP contribution is -2.57. The number of aliphatic carboxylic acids is 1. The molecule has 0 aliphatic heterocycles. The molecule has 1 aliphatic rings. The van der Waals surface area contributed by atoms with Gasteiger partial charge in [0, 0.05) is 30.1 Å². The molecule has 1 aromatic heterocycles. The van der Waals surface area contributed by atoms with E-state index in [0.717, 1.165) is 43.8 Å². The molecule has 6 nitrogen and oxygen atoms in total. The molecule has 7 heteroatoms. The minimum absolute atomic E-state index is 0.144. The molecule has 2 atom stereocenters. The van der Waals surface area contributed by atoms with E-state index < -0.39 is 17.6 Å². The molecule has 1 aliphatic carbocycles. The van der Waals surface area contributed by atoms with Crippen molar-refractivity contribution in [3.05, 3.63) is 24.0 Å². The number of hydrogen-bond donors (Lipinski definition) is 3. The van der Waals surface area contributed by atoms with Gasteiger partial charge in [0.15, 0.2) is 5.60 Å². The van der Waals surface area contributed by atoms with Crippen molar-refractivity contribution in [1.82, 2.24) is 4.98 Å². The molecule has 0 aromatic carbocycles. The number of ether oxygens (including phenoxy) is 1. The summed E-state index contributed by atoms with van der Waals surface area (Å²) in [6.07, 6.45) is 6.98. The van der Waals surface area contributed by atoms with Crippen LogP contribution in [0.15, 0.2) is 18.3 Å². The predicted molar refractivity (Wildman–Crippen MR) is 108 cm³/mol. The number of rotatable bonds is 10. The van der Waals surface area contributed by atoms with Crippen molar-refractivity contribution in [1.29, 1.82) is 0 Å². The fourth-order valence-electron chi connectivity index (χ4n) is 3.30. The number of nitrogens with two attached hydrogens (primary N) is 1. The zero-order chi connectivity index (χ0) is 19.9. The van der Waals surface area contributed by atoms with Crippen LogP contribution in [0.25, 0.3) is 0 Å². The fraction of sp³-hybridized carbons (Fsp3) is 0.700. The molecule has 4 N–H and O–H groups in total. The van der Waals surface area contributed by atoms with E-state index in [9.17, 15) is 15.0 Å². The second-order valence-corrected chi connectivity index (χ2v) is 8.72. The highest BCUT2D eigenvalue weighted by Gasteiger charge is 2.42. The van der Waals surface area contributed by atoms with Crippen LogP contribution in [-0.2, 0) is 11.2 Å². The van der Waals surface area contributed by atoms with Crippen LogP contribution in [0.4, 0.5) is 0 Å². The molecule has 0 saturated heterocycles. The van der Waals surface area contributed by atoms with Gasteiger partial charge in [-0.3, -0.25) is 4.98 Å². The number of carboxylic acid groups (broad SMARTS) is 1. The average Bonchev–Trinajstić information content (AvgIpc) is 2.64. The van der Waals surface area contributed by atoms with Crippen molar-refractivity contribution in [2.75, 3.05) is 11.5 Å². The standard InChI is InChI=1S/C20H32N2O4S/c1-3-10-27-13-18(21)20(25,19(23)24)12-15-11-17(8-9-22-15)26-16-6-4-14(2)5-7-16/h8-9,11,14,16,18,25H,3-7,10,12-13,21H2,1-2H3,(H,23,24)/t14-,16-,18-,20+/m0/s1. The first-order valence-electron chi connectivity index (χ1n) is 9.75. The van der Waals surface area contributed by atoms with Gasteiger partial charge in [0.05, 0.1) is 12.1 Å². The first kappa shape index (κ1) is 22.0. The third-order valence-electron chi connectivity index (χ3n) is 5.13. The van der Waals surface area contributed by atoms with Gasteiger partial charge in [-0.15, -0.1) is 0 Å². The molecule has 1 fully saturated rings. The van der Waals surface area contributed by atoms with Gasteiger partial charge in [-0.1, -0.05) is 13.8 Å². The van der Waals surface area contributed by atoms with Gasteiger partial charge in [-0.05, 0) is 49.8 Å². The summed E-state index contributed by atoms with van der Waals surface area (Å²) in [5.74, 6) is 1.36. The van der Waals surface area contributed by atoms with Crippen LogP contribution in [-0.4, -0.2) is 50.4 Å². The Morgan fingerprint density at radius 3 is 2.78 bits per heavy atom. The lowest BCUT2D eigenvalue weighted by Gasteiger charge is -2.30. The van der Waals surface area contributed by atoms with Crippen LogP contribution < -0.4 is 10.5 Å². The van der Waals surface area contributed by atoms with E-state index in [1.165, 1.54) is 0 Å². The van der Waals surface area contributed by atoms with Crippen LogP contribution in [0.5, 0.6) is 5.75 Å². The van der Waals surface area contributed by atoms with Crippen LogP contribution >= 0.6 is 11.8 Å². The van der Waals surface area contributed by atoms with Crippen molar-refractivity contribution in [3.8, 4) is 5.75 Å². The van der Waals surface area contributed by atoms with Crippen molar-refractivity contribution in [2.24, 2.45) is 11.7 Å². The Morgan fingerprint density at radius 2 is 2.15 bits per heavy atom. The Morgan fingerprint density at radius 1 is 1.44 bits per heavy atom. The largest absolute Gasteiger partial charge is 0.490 e. The predicted octanol–water partition coefficient (Wildman–Crippen LogP) is 2.87. The van der Waals surface area contributed by atoms with Crippen molar-refractivity contribution in [2.45, 2.75) is 70.1 Å². The van der Waals surface area contributed by atoms with Gasteiger partial charge in [-0.25, -0.2) is 4.79 Å². The van der Waals surface area contributed by atoms with E-state index in [0.29, 0.717) is 17.2 Å². The topological polar surface area (TPSA) is 106 Å². The fourth-order valence-corrected chi connectivity index (χ4v) is 4.28. The summed E-state index contributed by atoms with van der Waals surface area (Å²) in [6, 6.07) is 2.62. The third kappa shape index (κ3) is 6.36. The number of hydrogen-bond acceptors (Lipinski definition) is 6. The van der Waals surface area contributed by atoms with Gasteiger partial charge in [0.2, 0.25) is 0 Å². The summed E-state index contributed by atoms with van der Waals surface area (Å²) in [7, 11) is 0. The number of aromatic nitrogens is 1. The second-order valence-electron chi connectivity index (χ2n) is 7.57. The molecule has 1 heterocycles. The van der Waals surface area contributed by atoms with Gasteiger partial charge in [-0.2, -0.15) is 11.8 Å². The first-order chi connectivity index (χ1) is 12.8. The zero-order valence-corrected chi connectivity index (χ0v) is 17.1. The summed E-state index contributed by atoms with van der Waals surface area (Å²) in [5, 5.41) is 20.3. The number of thioether (sulfide) groups is 1. The van der Waals surface area contributed by atoms with E-state index in [2.05, 4.69) is 11.9 Å². The third-order valence-corrected chi connectivity index (χ3v) is 6.43. The van der Waals surface area contributed by atoms with E-state index >= 15 is 0 Å². The molecule has 2 rings (SSSR count). The Bertz CT molecular complexity index is 607. The Labute approximate surface area is 165 Å². The van der Waals surface area contributed by atoms with Crippen molar-refractivity contribution >= 4 is 17.7 Å². The molecule has 0 radical (unpaired) electrons. The summed E-state index contributed by atoms with van der Waals surface area (Å²) < 4.78 is 6.05. The van der Waals surface area contributed by atoms with Crippen molar-refractivity contribution in [3.63, 3.8) is 0 Å². The normalized spacial score (nSPS) is 23.4. The lowest BCUT2D eigenvalue weighted by molar-refractivity contribution is -0.160. The van der Waals surface area contributed by atoms with Crippen LogP contribution in [0.1, 0.15) is 51.6 Å². The molecule has 1 saturated carbocycles. The summed E-state index contributed by atoms with van der Waals surface area (Å²) in [4.78, 5) is 16.0. The smallest absolute Gasteiger partial charge is 0.337 e. The van der Waals surface area contributed by atoms with Crippen LogP contribution in [0.3, 0.4) is 0 Å². The molecule has 0 unspecified atom stereocenters. The highest BCUT2D eigenvalue weighted by molar-refractivity contribution is 7.99. The Hall–Kier alpha value is -1.31. The first-order valence-corrected chi connectivity index (χ1v) is 10.9. The maximum absolute atomic E-state index is 11.7. The Balaban J connectivity index is 2.04. The SMILES string of the molecule is CCCSC[C@H](N)[C@](O)(Cc1cc(O[C@H]2CC[C@H](C)CC2)ccn1)C(=O)O. The number of carboxylic acids is 1. The van der Waals surface area contributed by atoms with Gasteiger partial charge in [0.25, 0.3) is 0 Å². The van der Waals surface area contributed by atoms with E-state index in [1.54, 1.807) is 30.1 Å². The number of nitrogens with zero attached hydrogens (tertiary/aromatic N) is 1. The molecule has 0 spiro atoms. The van der Waals surface area contributed by atoms with Crippen LogP contribution in [0.2, 0.25) is 0 Å². The molecular formula is C20H32N2O4S. The minimum atomic E-state index is -2.05. The number of aliphatic hydroxyl groups is 1. The minimum Gasteiger partial charge on any atom is -0.490 e. The second kappa shape index (κ2) is 10.3. The molecular weight excluding hydrogens is 364 g/mol. The lowest BCUT2D eigenvalue weighted by atomic mass is 9.89. The van der Waals surface area contributed by atoms with Crippen molar-refractivity contribution < 1.29 is 19.7 Å². The molecule has 0 amide bonds. The highest BCUT2D eigenvalue weighted by atomic mass is 32.2. The molecule has 152 valence electrons. The van der Waals surface area contributed by atoms with Crippen LogP contribution in [0, 0.1) is 5.92 Å². The van der Waals surface area contributed by atoms with E-state index in [1.807, 2.05) is 6.92 Å². The van der Waals surface area contributed by atoms with Gasteiger partial charge >= 0.3 is 5.97 Å². The number of pyridine rings is 1. The van der Waals surface area contributed by atoms with E-state index in [-0.39, 0.29) is 12.5 Å². The van der Waals surface area contributed by atoms with Gasteiger partial charge in [0.1, 0.15) is 5.75 Å². The molecule has 1 aromatic rings. The van der Waals surface area contributed by atoms with E-state index in [4.69, 9.17) is 10.5 Å². The highest BCUT2D eigenvalue weighted by Crippen LogP contribution is 2.28. The summed E-state index contributed by atoms with van der Waals surface area (Å²) in [5.41, 5.74) is 4.45. The zero-order valence-electron chi connectivity index (χ0n) is 16.3. The molecule has 0 bridgehead atoms. The summed E-state index contributed by atoms with van der Waals surface area (Å²) in [6.45, 7) is 4.31. The maximum atomic E-state index is 11.7. The average molecular weight is 397 g/mol. The monoisotopic (exact) mass is 396 g/mol.